The molecule has 0 spiro atoms. The molecule has 0 aliphatic rings. The van der Waals surface area contributed by atoms with Crippen LogP contribution in [0.5, 0.6) is 0 Å². The zero-order valence-electron chi connectivity index (χ0n) is 16.0. The van der Waals surface area contributed by atoms with Crippen LogP contribution in [0, 0.1) is 13.8 Å². The third kappa shape index (κ3) is 2.77. The van der Waals surface area contributed by atoms with E-state index in [4.69, 9.17) is 4.52 Å². The molecule has 0 unspecified atom stereocenters. The molecule has 0 saturated carbocycles. The summed E-state index contributed by atoms with van der Waals surface area (Å²) < 4.78 is 9.55. The van der Waals surface area contributed by atoms with Crippen molar-refractivity contribution in [1.29, 1.82) is 0 Å². The number of imidazole rings is 1. The minimum Gasteiger partial charge on any atom is -0.337 e. The van der Waals surface area contributed by atoms with E-state index in [2.05, 4.69) is 16.2 Å². The Hall–Kier alpha value is -3.93. The number of carbonyl (C=O) groups excluding carboxylic acids is 1. The van der Waals surface area contributed by atoms with Gasteiger partial charge in [-0.25, -0.2) is 4.98 Å². The Balaban J connectivity index is 1.63. The average molecular weight is 382 g/mol. The molecule has 0 aliphatic carbocycles. The van der Waals surface area contributed by atoms with Gasteiger partial charge in [-0.3, -0.25) is 9.36 Å². The predicted octanol–water partition coefficient (Wildman–Crippen LogP) is 4.65. The van der Waals surface area contributed by atoms with Crippen molar-refractivity contribution in [2.75, 3.05) is 0 Å². The zero-order valence-corrected chi connectivity index (χ0v) is 16.0. The standard InChI is InChI=1S/C23H18N4O2/c1-15-7-9-17(10-8-15)23(28)19-13-21(29-25-19)27-16(2)22(26-12-11-24-14-26)18-5-3-4-6-20(18)27/h3-14H,1-2H3. The fourth-order valence-electron chi connectivity index (χ4n) is 3.68. The van der Waals surface area contributed by atoms with E-state index in [9.17, 15) is 4.79 Å². The third-order valence-corrected chi connectivity index (χ3v) is 5.11. The Morgan fingerprint density at radius 3 is 2.59 bits per heavy atom. The van der Waals surface area contributed by atoms with Gasteiger partial charge in [0.2, 0.25) is 11.7 Å². The van der Waals surface area contributed by atoms with Gasteiger partial charge in [-0.2, -0.15) is 0 Å². The van der Waals surface area contributed by atoms with Gasteiger partial charge in [0.15, 0.2) is 5.69 Å². The Kier molecular flexibility index (Phi) is 3.91. The number of aryl methyl sites for hydroxylation is 1. The number of hydrogen-bond donors (Lipinski definition) is 0. The van der Waals surface area contributed by atoms with Crippen molar-refractivity contribution < 1.29 is 9.32 Å². The summed E-state index contributed by atoms with van der Waals surface area (Å²) in [6, 6.07) is 17.2. The number of ketones is 1. The van der Waals surface area contributed by atoms with Gasteiger partial charge >= 0.3 is 0 Å². The minimum absolute atomic E-state index is 0.163. The number of carbonyl (C=O) groups is 1. The number of fused-ring (bicyclic) bond motifs is 1. The van der Waals surface area contributed by atoms with Gasteiger partial charge in [0.1, 0.15) is 0 Å². The summed E-state index contributed by atoms with van der Waals surface area (Å²) in [6.45, 7) is 4.00. The van der Waals surface area contributed by atoms with E-state index in [-0.39, 0.29) is 11.5 Å². The fourth-order valence-corrected chi connectivity index (χ4v) is 3.68. The number of aromatic nitrogens is 4. The summed E-state index contributed by atoms with van der Waals surface area (Å²) in [5.74, 6) is 0.337. The van der Waals surface area contributed by atoms with Gasteiger partial charge in [0.25, 0.3) is 0 Å². The van der Waals surface area contributed by atoms with Gasteiger partial charge in [0.05, 0.1) is 17.5 Å². The van der Waals surface area contributed by atoms with E-state index >= 15 is 0 Å². The van der Waals surface area contributed by atoms with Crippen LogP contribution in [0.3, 0.4) is 0 Å². The van der Waals surface area contributed by atoms with E-state index in [1.54, 1.807) is 30.7 Å². The van der Waals surface area contributed by atoms with Crippen LogP contribution in [0.25, 0.3) is 22.5 Å². The lowest BCUT2D eigenvalue weighted by Gasteiger charge is -2.04. The van der Waals surface area contributed by atoms with E-state index in [0.717, 1.165) is 27.8 Å². The van der Waals surface area contributed by atoms with Crippen LogP contribution in [0.15, 0.2) is 77.8 Å². The Morgan fingerprint density at radius 1 is 1.03 bits per heavy atom. The molecule has 0 N–H and O–H groups in total. The highest BCUT2D eigenvalue weighted by molar-refractivity contribution is 6.07. The van der Waals surface area contributed by atoms with Crippen LogP contribution in [0.2, 0.25) is 0 Å². The van der Waals surface area contributed by atoms with Crippen molar-refractivity contribution in [1.82, 2.24) is 19.3 Å². The molecular weight excluding hydrogens is 364 g/mol. The molecule has 6 heteroatoms. The molecule has 142 valence electrons. The molecule has 0 fully saturated rings. The van der Waals surface area contributed by atoms with E-state index in [1.807, 2.05) is 59.5 Å². The lowest BCUT2D eigenvalue weighted by molar-refractivity contribution is 0.103. The summed E-state index contributed by atoms with van der Waals surface area (Å²) in [7, 11) is 0. The van der Waals surface area contributed by atoms with Crippen molar-refractivity contribution in [3.63, 3.8) is 0 Å². The molecular formula is C23H18N4O2. The van der Waals surface area contributed by atoms with Gasteiger partial charge in [0, 0.05) is 35.1 Å². The number of para-hydroxylation sites is 1. The second-order valence-corrected chi connectivity index (χ2v) is 7.00. The number of hydrogen-bond acceptors (Lipinski definition) is 4. The molecule has 2 aromatic carbocycles. The Morgan fingerprint density at radius 2 is 1.83 bits per heavy atom. The first-order valence-corrected chi connectivity index (χ1v) is 9.30. The molecule has 0 bridgehead atoms. The van der Waals surface area contributed by atoms with Crippen LogP contribution < -0.4 is 0 Å². The second kappa shape index (κ2) is 6.60. The van der Waals surface area contributed by atoms with E-state index in [0.29, 0.717) is 11.4 Å². The van der Waals surface area contributed by atoms with E-state index < -0.39 is 0 Å². The van der Waals surface area contributed by atoms with E-state index in [1.165, 1.54) is 0 Å². The lowest BCUT2D eigenvalue weighted by atomic mass is 10.1. The van der Waals surface area contributed by atoms with Crippen molar-refractivity contribution in [2.45, 2.75) is 13.8 Å². The first-order valence-electron chi connectivity index (χ1n) is 9.30. The monoisotopic (exact) mass is 382 g/mol. The van der Waals surface area contributed by atoms with Gasteiger partial charge in [-0.15, -0.1) is 0 Å². The van der Waals surface area contributed by atoms with Crippen LogP contribution in [0.4, 0.5) is 0 Å². The molecule has 0 atom stereocenters. The molecule has 29 heavy (non-hydrogen) atoms. The summed E-state index contributed by atoms with van der Waals surface area (Å²) in [4.78, 5) is 17.0. The van der Waals surface area contributed by atoms with Crippen LogP contribution >= 0.6 is 0 Å². The van der Waals surface area contributed by atoms with Crippen molar-refractivity contribution in [3.05, 3.63) is 95.8 Å². The summed E-state index contributed by atoms with van der Waals surface area (Å²) in [5, 5.41) is 5.11. The van der Waals surface area contributed by atoms with Crippen LogP contribution in [-0.4, -0.2) is 25.1 Å². The zero-order chi connectivity index (χ0) is 20.0. The van der Waals surface area contributed by atoms with Gasteiger partial charge < -0.3 is 9.09 Å². The Bertz CT molecular complexity index is 1330. The molecule has 5 rings (SSSR count). The molecule has 0 saturated heterocycles. The molecule has 0 aliphatic heterocycles. The highest BCUT2D eigenvalue weighted by atomic mass is 16.5. The molecule has 0 radical (unpaired) electrons. The molecule has 5 aromatic rings. The largest absolute Gasteiger partial charge is 0.337 e. The average Bonchev–Trinajstić information content (AvgIpc) is 3.46. The normalized spacial score (nSPS) is 11.2. The smallest absolute Gasteiger partial charge is 0.236 e. The Labute approximate surface area is 167 Å². The van der Waals surface area contributed by atoms with Crippen LogP contribution in [0.1, 0.15) is 27.3 Å². The van der Waals surface area contributed by atoms with Gasteiger partial charge in [-0.05, 0) is 19.9 Å². The summed E-state index contributed by atoms with van der Waals surface area (Å²) >= 11 is 0. The predicted molar refractivity (Wildman–Crippen MR) is 110 cm³/mol. The van der Waals surface area contributed by atoms with Gasteiger partial charge in [-0.1, -0.05) is 53.2 Å². The highest BCUT2D eigenvalue weighted by Crippen LogP contribution is 2.32. The number of nitrogens with zero attached hydrogens (tertiary/aromatic N) is 4. The first-order chi connectivity index (χ1) is 14.1. The molecule has 6 nitrogen and oxygen atoms in total. The minimum atomic E-state index is -0.163. The molecule has 3 heterocycles. The highest BCUT2D eigenvalue weighted by Gasteiger charge is 2.21. The third-order valence-electron chi connectivity index (χ3n) is 5.11. The van der Waals surface area contributed by atoms with Crippen molar-refractivity contribution in [3.8, 4) is 11.6 Å². The maximum atomic E-state index is 12.8. The number of rotatable bonds is 4. The maximum Gasteiger partial charge on any atom is 0.236 e. The fraction of sp³-hybridized carbons (Fsp3) is 0.0870. The quantitative estimate of drug-likeness (QED) is 0.424. The van der Waals surface area contributed by atoms with Crippen LogP contribution in [-0.2, 0) is 0 Å². The number of benzene rings is 2. The maximum absolute atomic E-state index is 12.8. The molecule has 0 amide bonds. The SMILES string of the molecule is Cc1ccc(C(=O)c2cc(-n3c(C)c(-n4ccnc4)c4ccccc43)on2)cc1. The second-order valence-electron chi connectivity index (χ2n) is 7.00. The summed E-state index contributed by atoms with van der Waals surface area (Å²) in [5.41, 5.74) is 4.92. The summed E-state index contributed by atoms with van der Waals surface area (Å²) in [6.07, 6.45) is 5.43. The lowest BCUT2D eigenvalue weighted by Crippen LogP contribution is -2.01. The molecule has 3 aromatic heterocycles. The van der Waals surface area contributed by atoms with Crippen molar-refractivity contribution >= 4 is 16.7 Å². The van der Waals surface area contributed by atoms with Crippen molar-refractivity contribution in [2.24, 2.45) is 0 Å². The first kappa shape index (κ1) is 17.2. The topological polar surface area (TPSA) is 65.8 Å².